The molecule has 0 saturated carbocycles. The van der Waals surface area contributed by atoms with Gasteiger partial charge in [-0.25, -0.2) is 0 Å². The summed E-state index contributed by atoms with van der Waals surface area (Å²) >= 11 is 6.19. The van der Waals surface area contributed by atoms with Crippen LogP contribution < -0.4 is 5.32 Å². The zero-order valence-electron chi connectivity index (χ0n) is 13.6. The van der Waals surface area contributed by atoms with Crippen LogP contribution in [-0.2, 0) is 0 Å². The predicted octanol–water partition coefficient (Wildman–Crippen LogP) is 4.09. The van der Waals surface area contributed by atoms with Crippen LogP contribution in [0.15, 0.2) is 40.8 Å². The molecule has 1 N–H and O–H groups in total. The fourth-order valence-electron chi connectivity index (χ4n) is 3.12. The first kappa shape index (κ1) is 18.8. The van der Waals surface area contributed by atoms with Gasteiger partial charge in [0, 0.05) is 18.7 Å². The second-order valence-corrected chi connectivity index (χ2v) is 6.37. The molecule has 1 amide bonds. The number of carbonyl (C=O) groups excluding carboxylic acids is 1. The van der Waals surface area contributed by atoms with E-state index in [4.69, 9.17) is 16.0 Å². The zero-order chi connectivity index (χ0) is 16.2. The first-order valence-electron chi connectivity index (χ1n) is 7.97. The fourth-order valence-corrected chi connectivity index (χ4v) is 3.35. The van der Waals surface area contributed by atoms with Crippen LogP contribution in [0.2, 0.25) is 5.02 Å². The highest BCUT2D eigenvalue weighted by atomic mass is 35.5. The van der Waals surface area contributed by atoms with Crippen molar-refractivity contribution in [1.29, 1.82) is 0 Å². The van der Waals surface area contributed by atoms with E-state index in [-0.39, 0.29) is 18.3 Å². The summed E-state index contributed by atoms with van der Waals surface area (Å²) < 4.78 is 5.77. The van der Waals surface area contributed by atoms with E-state index in [9.17, 15) is 4.79 Å². The topological polar surface area (TPSA) is 45.5 Å². The van der Waals surface area contributed by atoms with Gasteiger partial charge >= 0.3 is 0 Å². The minimum atomic E-state index is -0.0379. The molecule has 2 heterocycles. The van der Waals surface area contributed by atoms with Gasteiger partial charge < -0.3 is 14.6 Å². The number of hydrogen-bond donors (Lipinski definition) is 1. The van der Waals surface area contributed by atoms with Gasteiger partial charge in [-0.05, 0) is 56.6 Å². The Bertz CT molecular complexity index is 685. The third-order valence-electron chi connectivity index (χ3n) is 4.26. The average Bonchev–Trinajstić information content (AvgIpc) is 3.05. The highest BCUT2D eigenvalue weighted by Gasteiger charge is 2.26. The van der Waals surface area contributed by atoms with E-state index in [2.05, 4.69) is 5.32 Å². The van der Waals surface area contributed by atoms with Gasteiger partial charge in [0.2, 0.25) is 0 Å². The first-order valence-corrected chi connectivity index (χ1v) is 8.35. The lowest BCUT2D eigenvalue weighted by atomic mass is 9.98. The molecule has 0 aliphatic carbocycles. The summed E-state index contributed by atoms with van der Waals surface area (Å²) in [6.07, 6.45) is 2.20. The number of hydrogen-bond acceptors (Lipinski definition) is 3. The van der Waals surface area contributed by atoms with E-state index < -0.39 is 0 Å². The molecule has 0 bridgehead atoms. The van der Waals surface area contributed by atoms with Gasteiger partial charge in [-0.3, -0.25) is 4.79 Å². The third-order valence-corrected chi connectivity index (χ3v) is 4.58. The van der Waals surface area contributed by atoms with Crippen molar-refractivity contribution in [2.75, 3.05) is 26.7 Å². The second-order valence-electron chi connectivity index (χ2n) is 5.96. The Morgan fingerprint density at radius 3 is 2.88 bits per heavy atom. The second kappa shape index (κ2) is 8.56. The number of nitrogens with zero attached hydrogens (tertiary/aromatic N) is 1. The summed E-state index contributed by atoms with van der Waals surface area (Å²) in [5.41, 5.74) is 0.805. The van der Waals surface area contributed by atoms with Crippen LogP contribution >= 0.6 is 24.0 Å². The lowest BCUT2D eigenvalue weighted by molar-refractivity contribution is 0.0643. The number of rotatable bonds is 4. The minimum Gasteiger partial charge on any atom is -0.451 e. The molecular weight excluding hydrogens is 347 g/mol. The van der Waals surface area contributed by atoms with Crippen LogP contribution in [0.1, 0.15) is 23.4 Å². The largest absolute Gasteiger partial charge is 0.451 e. The van der Waals surface area contributed by atoms with E-state index in [0.29, 0.717) is 22.5 Å². The van der Waals surface area contributed by atoms with Crippen molar-refractivity contribution in [3.8, 4) is 11.3 Å². The van der Waals surface area contributed by atoms with Crippen molar-refractivity contribution < 1.29 is 9.21 Å². The fraction of sp³-hybridized carbons (Fsp3) is 0.389. The Hall–Kier alpha value is -1.49. The molecule has 2 aromatic rings. The van der Waals surface area contributed by atoms with Crippen LogP contribution in [0.3, 0.4) is 0 Å². The first-order chi connectivity index (χ1) is 11.2. The molecule has 4 nitrogen and oxygen atoms in total. The molecule has 6 heteroatoms. The van der Waals surface area contributed by atoms with E-state index in [1.165, 1.54) is 0 Å². The van der Waals surface area contributed by atoms with E-state index in [1.54, 1.807) is 6.07 Å². The Morgan fingerprint density at radius 1 is 1.33 bits per heavy atom. The Balaban J connectivity index is 0.00000208. The molecule has 1 fully saturated rings. The SMILES string of the molecule is CNCC1CCCN(C(=O)c2ccc(-c3ccccc3Cl)o2)C1.Cl. The monoisotopic (exact) mass is 368 g/mol. The summed E-state index contributed by atoms with van der Waals surface area (Å²) in [5.74, 6) is 1.48. The predicted molar refractivity (Wildman–Crippen MR) is 99.0 cm³/mol. The zero-order valence-corrected chi connectivity index (χ0v) is 15.2. The van der Waals surface area contributed by atoms with E-state index >= 15 is 0 Å². The van der Waals surface area contributed by atoms with Crippen LogP contribution in [0.4, 0.5) is 0 Å². The molecule has 1 aromatic heterocycles. The van der Waals surface area contributed by atoms with Crippen molar-refractivity contribution in [3.05, 3.63) is 47.2 Å². The summed E-state index contributed by atoms with van der Waals surface area (Å²) in [5, 5.41) is 3.81. The highest BCUT2D eigenvalue weighted by Crippen LogP contribution is 2.29. The lowest BCUT2D eigenvalue weighted by Crippen LogP contribution is -2.42. The van der Waals surface area contributed by atoms with Crippen LogP contribution in [0, 0.1) is 5.92 Å². The Kier molecular flexibility index (Phi) is 6.72. The number of amides is 1. The van der Waals surface area contributed by atoms with Crippen molar-refractivity contribution in [2.24, 2.45) is 5.92 Å². The van der Waals surface area contributed by atoms with Crippen LogP contribution in [0.25, 0.3) is 11.3 Å². The molecule has 0 radical (unpaired) electrons. The van der Waals surface area contributed by atoms with E-state index in [1.807, 2.05) is 42.3 Å². The maximum Gasteiger partial charge on any atom is 0.289 e. The van der Waals surface area contributed by atoms with Gasteiger partial charge in [0.05, 0.1) is 5.02 Å². The molecule has 1 aliphatic heterocycles. The quantitative estimate of drug-likeness (QED) is 0.883. The van der Waals surface area contributed by atoms with Crippen molar-refractivity contribution in [3.63, 3.8) is 0 Å². The van der Waals surface area contributed by atoms with Gasteiger partial charge in [-0.2, -0.15) is 0 Å². The van der Waals surface area contributed by atoms with Crippen LogP contribution in [0.5, 0.6) is 0 Å². The van der Waals surface area contributed by atoms with Crippen molar-refractivity contribution in [2.45, 2.75) is 12.8 Å². The minimum absolute atomic E-state index is 0. The summed E-state index contributed by atoms with van der Waals surface area (Å²) in [7, 11) is 1.95. The summed E-state index contributed by atoms with van der Waals surface area (Å²) in [4.78, 5) is 14.5. The molecule has 1 aliphatic rings. The highest BCUT2D eigenvalue weighted by molar-refractivity contribution is 6.33. The van der Waals surface area contributed by atoms with E-state index in [0.717, 1.165) is 38.0 Å². The van der Waals surface area contributed by atoms with Gasteiger partial charge in [0.15, 0.2) is 5.76 Å². The molecular formula is C18H22Cl2N2O2. The number of carbonyl (C=O) groups is 1. The normalized spacial score (nSPS) is 17.4. The van der Waals surface area contributed by atoms with Gasteiger partial charge in [0.1, 0.15) is 5.76 Å². The number of halogens is 2. The molecule has 130 valence electrons. The number of furan rings is 1. The number of nitrogens with one attached hydrogen (secondary N) is 1. The summed E-state index contributed by atoms with van der Waals surface area (Å²) in [6.45, 7) is 2.51. The molecule has 24 heavy (non-hydrogen) atoms. The summed E-state index contributed by atoms with van der Waals surface area (Å²) in [6, 6.07) is 11.0. The van der Waals surface area contributed by atoms with Crippen LogP contribution in [-0.4, -0.2) is 37.5 Å². The molecule has 3 rings (SSSR count). The molecule has 0 spiro atoms. The van der Waals surface area contributed by atoms with Gasteiger partial charge in [-0.15, -0.1) is 12.4 Å². The van der Waals surface area contributed by atoms with Crippen molar-refractivity contribution in [1.82, 2.24) is 10.2 Å². The maximum absolute atomic E-state index is 12.7. The maximum atomic E-state index is 12.7. The Morgan fingerprint density at radius 2 is 2.12 bits per heavy atom. The molecule has 1 atom stereocenters. The van der Waals surface area contributed by atoms with Gasteiger partial charge in [0.25, 0.3) is 5.91 Å². The Labute approximate surface area is 153 Å². The molecule has 1 saturated heterocycles. The average molecular weight is 369 g/mol. The third kappa shape index (κ3) is 4.12. The smallest absolute Gasteiger partial charge is 0.289 e. The number of piperidine rings is 1. The van der Waals surface area contributed by atoms with Gasteiger partial charge in [-0.1, -0.05) is 23.7 Å². The number of benzene rings is 1. The molecule has 1 aromatic carbocycles. The van der Waals surface area contributed by atoms with Crippen molar-refractivity contribution >= 4 is 29.9 Å². The standard InChI is InChI=1S/C18H21ClN2O2.ClH/c1-20-11-13-5-4-10-21(12-13)18(22)17-9-8-16(23-17)14-6-2-3-7-15(14)19;/h2-3,6-9,13,20H,4-5,10-12H2,1H3;1H. The molecule has 1 unspecified atom stereocenters. The lowest BCUT2D eigenvalue weighted by Gasteiger charge is -2.32. The number of likely N-dealkylation sites (tertiary alicyclic amines) is 1.